The molecule has 0 radical (unpaired) electrons. The Balaban J connectivity index is 0.000001000. The molecule has 0 bridgehead atoms. The van der Waals surface area contributed by atoms with Crippen molar-refractivity contribution >= 4 is 30.7 Å². The molecule has 0 spiro atoms. The number of nitrogens with one attached hydrogen (secondary N) is 1. The molecule has 3 rings (SSSR count). The van der Waals surface area contributed by atoms with E-state index < -0.39 is 4.92 Å². The summed E-state index contributed by atoms with van der Waals surface area (Å²) in [7, 11) is 0. The van der Waals surface area contributed by atoms with Gasteiger partial charge in [-0.1, -0.05) is 0 Å². The van der Waals surface area contributed by atoms with Crippen LogP contribution in [0.5, 0.6) is 0 Å². The molecular formula is C12H19Cl2N3O3. The fourth-order valence-corrected chi connectivity index (χ4v) is 2.68. The molecule has 2 heterocycles. The fraction of sp³-hybridized carbons (Fsp3) is 0.667. The molecule has 1 aromatic heterocycles. The van der Waals surface area contributed by atoms with E-state index in [0.29, 0.717) is 5.92 Å². The summed E-state index contributed by atoms with van der Waals surface area (Å²) in [6.45, 7) is 3.92. The Morgan fingerprint density at radius 2 is 1.95 bits per heavy atom. The molecule has 114 valence electrons. The van der Waals surface area contributed by atoms with Gasteiger partial charge in [-0.25, -0.2) is 0 Å². The quantitative estimate of drug-likeness (QED) is 0.680. The summed E-state index contributed by atoms with van der Waals surface area (Å²) >= 11 is 0. The van der Waals surface area contributed by atoms with Gasteiger partial charge in [0.1, 0.15) is 10.7 Å². The van der Waals surface area contributed by atoms with Crippen LogP contribution in [0.4, 0.5) is 5.88 Å². The molecule has 1 atom stereocenters. The van der Waals surface area contributed by atoms with E-state index in [9.17, 15) is 10.1 Å². The number of hydrogen-bond donors (Lipinski definition) is 1. The first-order valence-corrected chi connectivity index (χ1v) is 6.44. The topological polar surface area (TPSA) is 71.6 Å². The first-order valence-electron chi connectivity index (χ1n) is 6.44. The van der Waals surface area contributed by atoms with Gasteiger partial charge in [0.2, 0.25) is 0 Å². The Hall–Kier alpha value is -0.820. The first kappa shape index (κ1) is 17.2. The molecule has 0 unspecified atom stereocenters. The highest BCUT2D eigenvalue weighted by Crippen LogP contribution is 2.45. The molecule has 8 heteroatoms. The molecule has 1 N–H and O–H groups in total. The zero-order valence-electron chi connectivity index (χ0n) is 11.0. The van der Waals surface area contributed by atoms with Gasteiger partial charge in [-0.3, -0.25) is 15.0 Å². The van der Waals surface area contributed by atoms with Crippen LogP contribution in [0.15, 0.2) is 16.5 Å². The van der Waals surface area contributed by atoms with E-state index in [1.807, 2.05) is 0 Å². The minimum Gasteiger partial charge on any atom is -0.404 e. The second kappa shape index (κ2) is 7.26. The third-order valence-corrected chi connectivity index (χ3v) is 3.70. The van der Waals surface area contributed by atoms with E-state index in [-0.39, 0.29) is 36.7 Å². The van der Waals surface area contributed by atoms with Crippen molar-refractivity contribution in [1.29, 1.82) is 0 Å². The summed E-state index contributed by atoms with van der Waals surface area (Å²) in [4.78, 5) is 12.6. The van der Waals surface area contributed by atoms with E-state index >= 15 is 0 Å². The molecule has 1 aromatic rings. The smallest absolute Gasteiger partial charge is 0.404 e. The lowest BCUT2D eigenvalue weighted by atomic mass is 10.1. The van der Waals surface area contributed by atoms with Crippen LogP contribution in [0.3, 0.4) is 0 Å². The minimum absolute atomic E-state index is 0. The Kier molecular flexibility index (Phi) is 6.26. The molecule has 1 saturated heterocycles. The Labute approximate surface area is 129 Å². The maximum atomic E-state index is 10.7. The van der Waals surface area contributed by atoms with Gasteiger partial charge in [0, 0.05) is 26.2 Å². The van der Waals surface area contributed by atoms with Gasteiger partial charge < -0.3 is 9.73 Å². The summed E-state index contributed by atoms with van der Waals surface area (Å²) in [6, 6.07) is 3.46. The number of nitrogens with zero attached hydrogens (tertiary/aromatic N) is 2. The minimum atomic E-state index is -0.467. The van der Waals surface area contributed by atoms with Gasteiger partial charge in [-0.2, -0.15) is 0 Å². The fourth-order valence-electron chi connectivity index (χ4n) is 2.68. The molecule has 0 aromatic carbocycles. The monoisotopic (exact) mass is 323 g/mol. The Bertz CT molecular complexity index is 445. The predicted molar refractivity (Wildman–Crippen MR) is 79.8 cm³/mol. The Morgan fingerprint density at radius 1 is 1.30 bits per heavy atom. The lowest BCUT2D eigenvalue weighted by Gasteiger charge is -2.33. The van der Waals surface area contributed by atoms with E-state index in [0.717, 1.165) is 31.9 Å². The molecule has 1 aliphatic heterocycles. The van der Waals surface area contributed by atoms with Crippen molar-refractivity contribution in [2.75, 3.05) is 26.2 Å². The van der Waals surface area contributed by atoms with Gasteiger partial charge in [0.15, 0.2) is 0 Å². The highest BCUT2D eigenvalue weighted by atomic mass is 35.5. The van der Waals surface area contributed by atoms with Gasteiger partial charge in [0.25, 0.3) is 0 Å². The average Bonchev–Trinajstić information content (AvgIpc) is 3.07. The zero-order chi connectivity index (χ0) is 12.5. The van der Waals surface area contributed by atoms with Gasteiger partial charge in [-0.15, -0.1) is 24.8 Å². The summed E-state index contributed by atoms with van der Waals surface area (Å²) in [5, 5.41) is 14.0. The predicted octanol–water partition coefficient (Wildman–Crippen LogP) is 2.39. The van der Waals surface area contributed by atoms with Crippen LogP contribution in [0, 0.1) is 16.0 Å². The molecule has 2 aliphatic rings. The molecular weight excluding hydrogens is 305 g/mol. The van der Waals surface area contributed by atoms with Crippen LogP contribution in [-0.2, 0) is 0 Å². The molecule has 0 amide bonds. The second-order valence-corrected chi connectivity index (χ2v) is 5.00. The molecule has 6 nitrogen and oxygen atoms in total. The summed E-state index contributed by atoms with van der Waals surface area (Å²) in [6.07, 6.45) is 2.40. The average molecular weight is 324 g/mol. The largest absolute Gasteiger partial charge is 0.433 e. The highest BCUT2D eigenvalue weighted by molar-refractivity contribution is 5.85. The van der Waals surface area contributed by atoms with E-state index in [4.69, 9.17) is 4.42 Å². The SMILES string of the molecule is Cl.Cl.O=[N+]([O-])c1ccc([C@@H](C2CC2)N2CCNCC2)o1. The lowest BCUT2D eigenvalue weighted by Crippen LogP contribution is -2.45. The van der Waals surface area contributed by atoms with Crippen LogP contribution < -0.4 is 5.32 Å². The standard InChI is InChI=1S/C12H17N3O3.2ClH/c16-15(17)11-4-3-10(18-11)12(9-1-2-9)14-7-5-13-6-8-14;;/h3-4,9,12-13H,1-2,5-8H2;2*1H/t12-;;/m1../s1. The van der Waals surface area contributed by atoms with Crippen LogP contribution in [0.25, 0.3) is 0 Å². The number of hydrogen-bond acceptors (Lipinski definition) is 5. The van der Waals surface area contributed by atoms with Gasteiger partial charge in [-0.05, 0) is 24.8 Å². The molecule has 20 heavy (non-hydrogen) atoms. The number of nitro groups is 1. The van der Waals surface area contributed by atoms with Crippen molar-refractivity contribution in [3.8, 4) is 0 Å². The van der Waals surface area contributed by atoms with E-state index in [1.165, 1.54) is 18.9 Å². The molecule has 2 fully saturated rings. The number of halogens is 2. The molecule has 1 aliphatic carbocycles. The first-order chi connectivity index (χ1) is 8.75. The maximum absolute atomic E-state index is 10.7. The van der Waals surface area contributed by atoms with Crippen LogP contribution in [0.1, 0.15) is 24.6 Å². The normalized spacial score (nSPS) is 20.6. The number of piperazine rings is 1. The summed E-state index contributed by atoms with van der Waals surface area (Å²) in [5.41, 5.74) is 0. The summed E-state index contributed by atoms with van der Waals surface area (Å²) < 4.78 is 5.40. The maximum Gasteiger partial charge on any atom is 0.433 e. The van der Waals surface area contributed by atoms with Crippen LogP contribution in [0.2, 0.25) is 0 Å². The lowest BCUT2D eigenvalue weighted by molar-refractivity contribution is -0.402. The number of furan rings is 1. The molecule has 1 saturated carbocycles. The second-order valence-electron chi connectivity index (χ2n) is 5.00. The zero-order valence-corrected chi connectivity index (χ0v) is 12.6. The third-order valence-electron chi connectivity index (χ3n) is 3.70. The van der Waals surface area contributed by atoms with E-state index in [1.54, 1.807) is 6.07 Å². The van der Waals surface area contributed by atoms with Crippen LogP contribution in [-0.4, -0.2) is 36.0 Å². The van der Waals surface area contributed by atoms with Gasteiger partial charge >= 0.3 is 5.88 Å². The Morgan fingerprint density at radius 3 is 2.45 bits per heavy atom. The highest BCUT2D eigenvalue weighted by Gasteiger charge is 2.39. The van der Waals surface area contributed by atoms with Crippen molar-refractivity contribution in [3.63, 3.8) is 0 Å². The van der Waals surface area contributed by atoms with Crippen molar-refractivity contribution in [2.45, 2.75) is 18.9 Å². The van der Waals surface area contributed by atoms with Crippen molar-refractivity contribution < 1.29 is 9.34 Å². The number of rotatable bonds is 4. The van der Waals surface area contributed by atoms with Crippen LogP contribution >= 0.6 is 24.8 Å². The van der Waals surface area contributed by atoms with Gasteiger partial charge in [0.05, 0.1) is 12.1 Å². The summed E-state index contributed by atoms with van der Waals surface area (Å²) in [5.74, 6) is 1.21. The van der Waals surface area contributed by atoms with Crippen molar-refractivity contribution in [1.82, 2.24) is 10.2 Å². The van der Waals surface area contributed by atoms with Crippen molar-refractivity contribution in [3.05, 3.63) is 28.0 Å². The third kappa shape index (κ3) is 3.63. The van der Waals surface area contributed by atoms with Crippen molar-refractivity contribution in [2.24, 2.45) is 5.92 Å². The van der Waals surface area contributed by atoms with E-state index in [2.05, 4.69) is 10.2 Å².